The number of nitriles is 1. The third-order valence-corrected chi connectivity index (χ3v) is 3.66. The second-order valence-electron chi connectivity index (χ2n) is 5.68. The Morgan fingerprint density at radius 1 is 1.23 bits per heavy atom. The Morgan fingerprint density at radius 2 is 1.92 bits per heavy atom. The van der Waals surface area contributed by atoms with Gasteiger partial charge >= 0.3 is 5.97 Å². The molecule has 0 aromatic heterocycles. The number of hydrogen-bond acceptors (Lipinski definition) is 5. The first-order valence-corrected chi connectivity index (χ1v) is 8.14. The van der Waals surface area contributed by atoms with Crippen LogP contribution in [0.25, 0.3) is 0 Å². The molecule has 0 unspecified atom stereocenters. The first-order valence-electron chi connectivity index (χ1n) is 8.14. The first kappa shape index (κ1) is 21.1. The van der Waals surface area contributed by atoms with Gasteiger partial charge in [-0.2, -0.15) is 5.26 Å². The second-order valence-corrected chi connectivity index (χ2v) is 5.68. The lowest BCUT2D eigenvalue weighted by Crippen LogP contribution is -2.52. The predicted molar refractivity (Wildman–Crippen MR) is 91.1 cm³/mol. The molecule has 0 heterocycles. The monoisotopic (exact) mass is 363 g/mol. The maximum Gasteiger partial charge on any atom is 0.328 e. The van der Waals surface area contributed by atoms with Crippen molar-refractivity contribution in [1.29, 1.82) is 5.26 Å². The van der Waals surface area contributed by atoms with Crippen LogP contribution in [-0.2, 0) is 25.5 Å². The number of amides is 2. The molecule has 0 bridgehead atoms. The van der Waals surface area contributed by atoms with Gasteiger partial charge in [0, 0.05) is 19.8 Å². The van der Waals surface area contributed by atoms with Gasteiger partial charge in [0.2, 0.25) is 11.8 Å². The molecular weight excluding hydrogens is 341 g/mol. The molecule has 0 aliphatic heterocycles. The van der Waals surface area contributed by atoms with Crippen LogP contribution in [0.3, 0.4) is 0 Å². The number of nitrogens with zero attached hydrogens (tertiary/aromatic N) is 1. The average molecular weight is 363 g/mol. The standard InChI is InChI=1S/C18H22FN3O4/c1-12(23)21-16(11-13-7-3-4-8-14(13)19)17(24)22-15(18(25)26-2)9-5-6-10-20/h3-4,7-8,15-16H,5-6,9,11H2,1-2H3,(H,21,23)(H,22,24)/t15-,16-/m1/s1. The molecule has 0 aliphatic carbocycles. The van der Waals surface area contributed by atoms with Crippen LogP contribution in [0.4, 0.5) is 4.39 Å². The normalized spacial score (nSPS) is 12.4. The number of halogens is 1. The molecule has 2 atom stereocenters. The number of hydrogen-bond donors (Lipinski definition) is 2. The van der Waals surface area contributed by atoms with Crippen LogP contribution >= 0.6 is 0 Å². The third kappa shape index (κ3) is 6.89. The number of esters is 1. The summed E-state index contributed by atoms with van der Waals surface area (Å²) >= 11 is 0. The predicted octanol–water partition coefficient (Wildman–Crippen LogP) is 1.22. The zero-order chi connectivity index (χ0) is 19.5. The van der Waals surface area contributed by atoms with Gasteiger partial charge in [0.25, 0.3) is 0 Å². The molecular formula is C18H22FN3O4. The Balaban J connectivity index is 2.88. The fraction of sp³-hybridized carbons (Fsp3) is 0.444. The molecule has 8 heteroatoms. The Kier molecular flexibility index (Phi) is 8.78. The zero-order valence-electron chi connectivity index (χ0n) is 14.8. The zero-order valence-corrected chi connectivity index (χ0v) is 14.8. The van der Waals surface area contributed by atoms with E-state index in [1.54, 1.807) is 6.07 Å². The summed E-state index contributed by atoms with van der Waals surface area (Å²) in [5.41, 5.74) is 0.264. The maximum absolute atomic E-state index is 13.9. The van der Waals surface area contributed by atoms with E-state index in [0.29, 0.717) is 6.42 Å². The minimum Gasteiger partial charge on any atom is -0.467 e. The van der Waals surface area contributed by atoms with E-state index in [9.17, 15) is 18.8 Å². The molecule has 0 radical (unpaired) electrons. The molecule has 1 aromatic carbocycles. The second kappa shape index (κ2) is 10.8. The Labute approximate surface area is 151 Å². The molecule has 0 aliphatic rings. The number of nitrogens with one attached hydrogen (secondary N) is 2. The van der Waals surface area contributed by atoms with E-state index in [4.69, 9.17) is 5.26 Å². The van der Waals surface area contributed by atoms with Crippen molar-refractivity contribution in [3.63, 3.8) is 0 Å². The molecule has 1 aromatic rings. The van der Waals surface area contributed by atoms with E-state index in [1.807, 2.05) is 6.07 Å². The van der Waals surface area contributed by atoms with Crippen LogP contribution < -0.4 is 10.6 Å². The lowest BCUT2D eigenvalue weighted by Gasteiger charge is -2.22. The molecule has 26 heavy (non-hydrogen) atoms. The highest BCUT2D eigenvalue weighted by atomic mass is 19.1. The van der Waals surface area contributed by atoms with Gasteiger partial charge in [-0.3, -0.25) is 9.59 Å². The van der Waals surface area contributed by atoms with Gasteiger partial charge in [-0.05, 0) is 24.5 Å². The number of carbonyl (C=O) groups excluding carboxylic acids is 3. The van der Waals surface area contributed by atoms with Crippen LogP contribution in [0.2, 0.25) is 0 Å². The summed E-state index contributed by atoms with van der Waals surface area (Å²) in [6.45, 7) is 1.24. The topological polar surface area (TPSA) is 108 Å². The highest BCUT2D eigenvalue weighted by molar-refractivity contribution is 5.90. The summed E-state index contributed by atoms with van der Waals surface area (Å²) in [4.78, 5) is 35.8. The molecule has 2 N–H and O–H groups in total. The lowest BCUT2D eigenvalue weighted by atomic mass is 10.0. The SMILES string of the molecule is COC(=O)[C@@H](CCCC#N)NC(=O)[C@@H](Cc1ccccc1F)NC(C)=O. The number of carbonyl (C=O) groups is 3. The summed E-state index contributed by atoms with van der Waals surface area (Å²) < 4.78 is 18.5. The summed E-state index contributed by atoms with van der Waals surface area (Å²) in [6.07, 6.45) is 0.783. The number of ether oxygens (including phenoxy) is 1. The molecule has 0 saturated carbocycles. The van der Waals surface area contributed by atoms with Crippen LogP contribution in [0, 0.1) is 17.1 Å². The molecule has 0 fully saturated rings. The number of rotatable bonds is 9. The Hall–Kier alpha value is -2.95. The van der Waals surface area contributed by atoms with Crippen molar-refractivity contribution in [3.05, 3.63) is 35.6 Å². The fourth-order valence-electron chi connectivity index (χ4n) is 2.39. The van der Waals surface area contributed by atoms with Gasteiger partial charge in [0.1, 0.15) is 17.9 Å². The minimum atomic E-state index is -1.05. The van der Waals surface area contributed by atoms with Crippen LogP contribution in [0.1, 0.15) is 31.7 Å². The highest BCUT2D eigenvalue weighted by Gasteiger charge is 2.27. The van der Waals surface area contributed by atoms with Crippen molar-refractivity contribution < 1.29 is 23.5 Å². The molecule has 0 spiro atoms. The van der Waals surface area contributed by atoms with Crippen molar-refractivity contribution >= 4 is 17.8 Å². The number of methoxy groups -OCH3 is 1. The number of unbranched alkanes of at least 4 members (excludes halogenated alkanes) is 1. The third-order valence-electron chi connectivity index (χ3n) is 3.66. The summed E-state index contributed by atoms with van der Waals surface area (Å²) in [5.74, 6) is -2.23. The first-order chi connectivity index (χ1) is 12.4. The number of benzene rings is 1. The Bertz CT molecular complexity index is 687. The van der Waals surface area contributed by atoms with Crippen LogP contribution in [0.5, 0.6) is 0 Å². The van der Waals surface area contributed by atoms with Gasteiger partial charge in [0.15, 0.2) is 0 Å². The summed E-state index contributed by atoms with van der Waals surface area (Å²) in [7, 11) is 1.19. The van der Waals surface area contributed by atoms with E-state index in [2.05, 4.69) is 15.4 Å². The molecule has 7 nitrogen and oxygen atoms in total. The average Bonchev–Trinajstić information content (AvgIpc) is 2.61. The van der Waals surface area contributed by atoms with Crippen LogP contribution in [-0.4, -0.2) is 37.0 Å². The van der Waals surface area contributed by atoms with Gasteiger partial charge in [-0.15, -0.1) is 0 Å². The van der Waals surface area contributed by atoms with Crippen molar-refractivity contribution in [2.24, 2.45) is 0 Å². The minimum absolute atomic E-state index is 0.0653. The van der Waals surface area contributed by atoms with Crippen molar-refractivity contribution in [1.82, 2.24) is 10.6 Å². The van der Waals surface area contributed by atoms with Crippen molar-refractivity contribution in [2.45, 2.75) is 44.7 Å². The van der Waals surface area contributed by atoms with E-state index in [-0.39, 0.29) is 24.8 Å². The molecule has 2 amide bonds. The largest absolute Gasteiger partial charge is 0.467 e. The van der Waals surface area contributed by atoms with Crippen molar-refractivity contribution in [2.75, 3.05) is 7.11 Å². The van der Waals surface area contributed by atoms with Gasteiger partial charge in [0.05, 0.1) is 13.2 Å². The van der Waals surface area contributed by atoms with Crippen molar-refractivity contribution in [3.8, 4) is 6.07 Å². The van der Waals surface area contributed by atoms with E-state index >= 15 is 0 Å². The lowest BCUT2D eigenvalue weighted by molar-refractivity contribution is -0.145. The Morgan fingerprint density at radius 3 is 2.50 bits per heavy atom. The van der Waals surface area contributed by atoms with E-state index in [1.165, 1.54) is 32.2 Å². The van der Waals surface area contributed by atoms with Gasteiger partial charge in [-0.25, -0.2) is 9.18 Å². The highest BCUT2D eigenvalue weighted by Crippen LogP contribution is 2.10. The quantitative estimate of drug-likeness (QED) is 0.507. The fourth-order valence-corrected chi connectivity index (χ4v) is 2.39. The molecule has 140 valence electrons. The smallest absolute Gasteiger partial charge is 0.328 e. The summed E-state index contributed by atoms with van der Waals surface area (Å²) in [6, 6.07) is 5.89. The van der Waals surface area contributed by atoms with Gasteiger partial charge < -0.3 is 15.4 Å². The van der Waals surface area contributed by atoms with Crippen LogP contribution in [0.15, 0.2) is 24.3 Å². The molecule has 1 rings (SSSR count). The molecule has 0 saturated heterocycles. The van der Waals surface area contributed by atoms with E-state index < -0.39 is 35.7 Å². The van der Waals surface area contributed by atoms with Gasteiger partial charge in [-0.1, -0.05) is 18.2 Å². The summed E-state index contributed by atoms with van der Waals surface area (Å²) in [5, 5.41) is 13.6. The maximum atomic E-state index is 13.9. The van der Waals surface area contributed by atoms with E-state index in [0.717, 1.165) is 0 Å².